The van der Waals surface area contributed by atoms with Gasteiger partial charge < -0.3 is 10.1 Å². The van der Waals surface area contributed by atoms with Crippen LogP contribution in [-0.4, -0.2) is 17.0 Å². The Labute approximate surface area is 129 Å². The molecule has 21 heavy (non-hydrogen) atoms. The van der Waals surface area contributed by atoms with Crippen molar-refractivity contribution in [1.29, 1.82) is 0 Å². The smallest absolute Gasteiger partial charge is 0.255 e. The molecular weight excluding hydrogens is 288 g/mol. The van der Waals surface area contributed by atoms with Crippen molar-refractivity contribution >= 4 is 23.2 Å². The monoisotopic (exact) mass is 304 g/mol. The van der Waals surface area contributed by atoms with E-state index in [0.29, 0.717) is 22.2 Å². The molecule has 0 aliphatic heterocycles. The minimum absolute atomic E-state index is 0.0615. The van der Waals surface area contributed by atoms with Crippen LogP contribution in [0, 0.1) is 6.92 Å². The molecule has 0 saturated heterocycles. The Morgan fingerprint density at radius 3 is 2.76 bits per heavy atom. The van der Waals surface area contributed by atoms with Crippen LogP contribution in [0.3, 0.4) is 0 Å². The quantitative estimate of drug-likeness (QED) is 0.866. The molecule has 2 rings (SSSR count). The Kier molecular flexibility index (Phi) is 4.81. The van der Waals surface area contributed by atoms with Crippen LogP contribution >= 0.6 is 11.6 Å². The van der Waals surface area contributed by atoms with Gasteiger partial charge in [0, 0.05) is 5.56 Å². The zero-order valence-electron chi connectivity index (χ0n) is 12.2. The molecule has 0 aliphatic rings. The van der Waals surface area contributed by atoms with Crippen molar-refractivity contribution in [3.05, 3.63) is 52.8 Å². The van der Waals surface area contributed by atoms with E-state index in [1.807, 2.05) is 26.8 Å². The van der Waals surface area contributed by atoms with Gasteiger partial charge in [0.2, 0.25) is 0 Å². The molecule has 0 fully saturated rings. The van der Waals surface area contributed by atoms with Gasteiger partial charge >= 0.3 is 0 Å². The minimum atomic E-state index is -0.215. The lowest BCUT2D eigenvalue weighted by Crippen LogP contribution is -2.13. The Balaban J connectivity index is 2.14. The lowest BCUT2D eigenvalue weighted by Gasteiger charge is -2.11. The molecule has 0 saturated carbocycles. The number of aryl methyl sites for hydroxylation is 1. The largest absolute Gasteiger partial charge is 0.491 e. The minimum Gasteiger partial charge on any atom is -0.491 e. The van der Waals surface area contributed by atoms with Crippen LogP contribution in [0.5, 0.6) is 5.75 Å². The molecule has 0 atom stereocenters. The Hall–Kier alpha value is -2.07. The highest BCUT2D eigenvalue weighted by Gasteiger charge is 2.09. The molecule has 4 nitrogen and oxygen atoms in total. The fourth-order valence-corrected chi connectivity index (χ4v) is 1.92. The highest BCUT2D eigenvalue weighted by molar-refractivity contribution is 6.30. The molecule has 0 aliphatic carbocycles. The number of rotatable bonds is 4. The van der Waals surface area contributed by atoms with Gasteiger partial charge in [-0.2, -0.15) is 0 Å². The highest BCUT2D eigenvalue weighted by Crippen LogP contribution is 2.19. The number of anilines is 1. The van der Waals surface area contributed by atoms with Crippen molar-refractivity contribution < 1.29 is 9.53 Å². The summed E-state index contributed by atoms with van der Waals surface area (Å²) < 4.78 is 5.58. The summed E-state index contributed by atoms with van der Waals surface area (Å²) in [6.07, 6.45) is 1.59. The number of halogens is 1. The van der Waals surface area contributed by atoms with Gasteiger partial charge in [-0.3, -0.25) is 4.79 Å². The molecule has 110 valence electrons. The van der Waals surface area contributed by atoms with E-state index < -0.39 is 0 Å². The SMILES string of the molecule is Cc1cc(NC(=O)c2cccc(OC(C)C)c2)cnc1Cl. The number of pyridine rings is 1. The topological polar surface area (TPSA) is 51.2 Å². The molecular formula is C16H17ClN2O2. The molecule has 0 unspecified atom stereocenters. The summed E-state index contributed by atoms with van der Waals surface area (Å²) in [6, 6.07) is 8.84. The Morgan fingerprint density at radius 1 is 1.33 bits per heavy atom. The second-order valence-corrected chi connectivity index (χ2v) is 5.34. The normalized spacial score (nSPS) is 10.5. The first-order valence-electron chi connectivity index (χ1n) is 6.66. The molecule has 0 bridgehead atoms. The maximum absolute atomic E-state index is 12.2. The zero-order chi connectivity index (χ0) is 15.4. The van der Waals surface area contributed by atoms with Gasteiger partial charge in [0.15, 0.2) is 0 Å². The summed E-state index contributed by atoms with van der Waals surface area (Å²) in [5, 5.41) is 3.22. The van der Waals surface area contributed by atoms with Gasteiger partial charge in [0.05, 0.1) is 18.0 Å². The van der Waals surface area contributed by atoms with Crippen molar-refractivity contribution in [2.24, 2.45) is 0 Å². The molecule has 2 aromatic rings. The number of amides is 1. The van der Waals surface area contributed by atoms with Gasteiger partial charge in [0.25, 0.3) is 5.91 Å². The number of carbonyl (C=O) groups is 1. The number of carbonyl (C=O) groups excluding carboxylic acids is 1. The van der Waals surface area contributed by atoms with Gasteiger partial charge in [-0.25, -0.2) is 4.98 Å². The standard InChI is InChI=1S/C16H17ClN2O2/c1-10(2)21-14-6-4-5-12(8-14)16(20)19-13-7-11(3)15(17)18-9-13/h4-10H,1-3H3,(H,19,20). The van der Waals surface area contributed by atoms with Gasteiger partial charge in [0.1, 0.15) is 10.9 Å². The van der Waals surface area contributed by atoms with E-state index in [9.17, 15) is 4.79 Å². The van der Waals surface area contributed by atoms with E-state index >= 15 is 0 Å². The predicted molar refractivity (Wildman–Crippen MR) is 84.1 cm³/mol. The zero-order valence-corrected chi connectivity index (χ0v) is 12.9. The van der Waals surface area contributed by atoms with E-state index in [0.717, 1.165) is 5.56 Å². The summed E-state index contributed by atoms with van der Waals surface area (Å²) in [6.45, 7) is 5.71. The second kappa shape index (κ2) is 6.59. The fraction of sp³-hybridized carbons (Fsp3) is 0.250. The van der Waals surface area contributed by atoms with Crippen LogP contribution in [0.2, 0.25) is 5.15 Å². The Bertz CT molecular complexity index is 656. The molecule has 5 heteroatoms. The average molecular weight is 305 g/mol. The molecule has 1 amide bonds. The van der Waals surface area contributed by atoms with Crippen molar-refractivity contribution in [2.45, 2.75) is 26.9 Å². The summed E-state index contributed by atoms with van der Waals surface area (Å²) in [5.41, 5.74) is 1.95. The summed E-state index contributed by atoms with van der Waals surface area (Å²) in [5.74, 6) is 0.454. The van der Waals surface area contributed by atoms with Crippen molar-refractivity contribution in [2.75, 3.05) is 5.32 Å². The van der Waals surface area contributed by atoms with Crippen molar-refractivity contribution in [3.8, 4) is 5.75 Å². The number of ether oxygens (including phenoxy) is 1. The lowest BCUT2D eigenvalue weighted by molar-refractivity contribution is 0.102. The maximum atomic E-state index is 12.2. The predicted octanol–water partition coefficient (Wildman–Crippen LogP) is 4.08. The number of hydrogen-bond acceptors (Lipinski definition) is 3. The van der Waals surface area contributed by atoms with E-state index in [1.165, 1.54) is 6.20 Å². The van der Waals surface area contributed by atoms with E-state index in [-0.39, 0.29) is 12.0 Å². The molecule has 0 radical (unpaired) electrons. The van der Waals surface area contributed by atoms with Gasteiger partial charge in [-0.1, -0.05) is 17.7 Å². The van der Waals surface area contributed by atoms with Crippen molar-refractivity contribution in [1.82, 2.24) is 4.98 Å². The number of aromatic nitrogens is 1. The van der Waals surface area contributed by atoms with Crippen LogP contribution < -0.4 is 10.1 Å². The second-order valence-electron chi connectivity index (χ2n) is 4.98. The summed E-state index contributed by atoms with van der Waals surface area (Å²) >= 11 is 5.86. The third-order valence-corrected chi connectivity index (χ3v) is 3.14. The van der Waals surface area contributed by atoms with Crippen LogP contribution in [-0.2, 0) is 0 Å². The molecule has 1 N–H and O–H groups in total. The molecule has 1 heterocycles. The van der Waals surface area contributed by atoms with Crippen LogP contribution in [0.4, 0.5) is 5.69 Å². The van der Waals surface area contributed by atoms with Gasteiger partial charge in [-0.15, -0.1) is 0 Å². The van der Waals surface area contributed by atoms with Crippen LogP contribution in [0.1, 0.15) is 29.8 Å². The third kappa shape index (κ3) is 4.20. The number of hydrogen-bond donors (Lipinski definition) is 1. The maximum Gasteiger partial charge on any atom is 0.255 e. The van der Waals surface area contributed by atoms with E-state index in [4.69, 9.17) is 16.3 Å². The highest BCUT2D eigenvalue weighted by atomic mass is 35.5. The van der Waals surface area contributed by atoms with Crippen LogP contribution in [0.15, 0.2) is 36.5 Å². The molecule has 1 aromatic heterocycles. The van der Waals surface area contributed by atoms with E-state index in [1.54, 1.807) is 24.3 Å². The number of benzene rings is 1. The Morgan fingerprint density at radius 2 is 2.10 bits per heavy atom. The molecule has 0 spiro atoms. The summed E-state index contributed by atoms with van der Waals surface area (Å²) in [7, 11) is 0. The van der Waals surface area contributed by atoms with Crippen LogP contribution in [0.25, 0.3) is 0 Å². The van der Waals surface area contributed by atoms with Gasteiger partial charge in [-0.05, 0) is 50.6 Å². The fourth-order valence-electron chi connectivity index (χ4n) is 1.81. The van der Waals surface area contributed by atoms with E-state index in [2.05, 4.69) is 10.3 Å². The summed E-state index contributed by atoms with van der Waals surface area (Å²) in [4.78, 5) is 16.2. The first kappa shape index (κ1) is 15.3. The van der Waals surface area contributed by atoms with Crippen molar-refractivity contribution in [3.63, 3.8) is 0 Å². The molecule has 1 aromatic carbocycles. The first-order valence-corrected chi connectivity index (χ1v) is 7.03. The lowest BCUT2D eigenvalue weighted by atomic mass is 10.2. The number of nitrogens with zero attached hydrogens (tertiary/aromatic N) is 1. The average Bonchev–Trinajstić information content (AvgIpc) is 2.42. The third-order valence-electron chi connectivity index (χ3n) is 2.74. The first-order chi connectivity index (χ1) is 9.95. The number of nitrogens with one attached hydrogen (secondary N) is 1.